The number of alkyl halides is 2. The Hall–Kier alpha value is -2.67. The van der Waals surface area contributed by atoms with Gasteiger partial charge in [-0.15, -0.1) is 0 Å². The molecule has 0 aliphatic rings. The van der Waals surface area contributed by atoms with Gasteiger partial charge in [0, 0.05) is 17.8 Å². The van der Waals surface area contributed by atoms with Crippen LogP contribution in [0.15, 0.2) is 36.4 Å². The molecule has 2 aromatic rings. The molecule has 2 aromatic carbocycles. The first-order chi connectivity index (χ1) is 11.9. The van der Waals surface area contributed by atoms with E-state index in [9.17, 15) is 13.6 Å². The second kappa shape index (κ2) is 8.43. The normalized spacial score (nSPS) is 10.6. The highest BCUT2D eigenvalue weighted by Crippen LogP contribution is 2.27. The highest BCUT2D eigenvalue weighted by atomic mass is 19.3. The van der Waals surface area contributed by atoms with Crippen molar-refractivity contribution in [2.75, 3.05) is 18.5 Å². The molecule has 0 heterocycles. The van der Waals surface area contributed by atoms with E-state index in [2.05, 4.69) is 10.1 Å². The standard InChI is InChI=1S/C18H20F2N2O3/c1-11-9-13(10-12(2)16(11)25-18(19)20)17(23)22-14-3-5-15(6-4-14)24-8-7-21/h3-6,9-10,18H,7-8,21H2,1-2H3,(H,22,23). The third-order valence-electron chi connectivity index (χ3n) is 3.43. The van der Waals surface area contributed by atoms with Gasteiger partial charge in [0.2, 0.25) is 0 Å². The lowest BCUT2D eigenvalue weighted by molar-refractivity contribution is -0.0507. The number of nitrogens with two attached hydrogens (primary N) is 1. The van der Waals surface area contributed by atoms with Crippen molar-refractivity contribution < 1.29 is 23.0 Å². The van der Waals surface area contributed by atoms with E-state index < -0.39 is 6.61 Å². The van der Waals surface area contributed by atoms with Crippen molar-refractivity contribution in [2.24, 2.45) is 5.73 Å². The molecule has 5 nitrogen and oxygen atoms in total. The Morgan fingerprint density at radius 2 is 1.76 bits per heavy atom. The summed E-state index contributed by atoms with van der Waals surface area (Å²) in [7, 11) is 0. The summed E-state index contributed by atoms with van der Waals surface area (Å²) in [5, 5.41) is 2.75. The Bertz CT molecular complexity index is 711. The number of nitrogens with one attached hydrogen (secondary N) is 1. The third-order valence-corrected chi connectivity index (χ3v) is 3.43. The Balaban J connectivity index is 2.10. The van der Waals surface area contributed by atoms with Gasteiger partial charge in [-0.1, -0.05) is 0 Å². The van der Waals surface area contributed by atoms with Gasteiger partial charge in [0.05, 0.1) is 0 Å². The van der Waals surface area contributed by atoms with Crippen molar-refractivity contribution in [1.82, 2.24) is 0 Å². The summed E-state index contributed by atoms with van der Waals surface area (Å²) in [5.41, 5.74) is 7.25. The van der Waals surface area contributed by atoms with Gasteiger partial charge in [-0.05, 0) is 61.4 Å². The molecule has 134 valence electrons. The molecule has 0 aliphatic heterocycles. The van der Waals surface area contributed by atoms with Crippen LogP contribution in [0.3, 0.4) is 0 Å². The van der Waals surface area contributed by atoms with Gasteiger partial charge in [0.25, 0.3) is 5.91 Å². The van der Waals surface area contributed by atoms with Gasteiger partial charge >= 0.3 is 6.61 Å². The largest absolute Gasteiger partial charge is 0.492 e. The van der Waals surface area contributed by atoms with E-state index in [0.717, 1.165) is 0 Å². The van der Waals surface area contributed by atoms with Crippen molar-refractivity contribution in [3.05, 3.63) is 53.1 Å². The molecule has 0 atom stereocenters. The van der Waals surface area contributed by atoms with E-state index in [1.54, 1.807) is 38.1 Å². The summed E-state index contributed by atoms with van der Waals surface area (Å²) in [6, 6.07) is 9.88. The smallest absolute Gasteiger partial charge is 0.387 e. The van der Waals surface area contributed by atoms with Gasteiger partial charge < -0.3 is 20.5 Å². The van der Waals surface area contributed by atoms with Crippen LogP contribution in [0.5, 0.6) is 11.5 Å². The van der Waals surface area contributed by atoms with E-state index in [1.807, 2.05) is 0 Å². The van der Waals surface area contributed by atoms with Crippen LogP contribution in [-0.4, -0.2) is 25.7 Å². The molecule has 0 fully saturated rings. The van der Waals surface area contributed by atoms with Gasteiger partial charge in [-0.2, -0.15) is 8.78 Å². The summed E-state index contributed by atoms with van der Waals surface area (Å²) in [5.74, 6) is 0.405. The summed E-state index contributed by atoms with van der Waals surface area (Å²) >= 11 is 0. The molecule has 0 saturated carbocycles. The Morgan fingerprint density at radius 3 is 2.28 bits per heavy atom. The summed E-state index contributed by atoms with van der Waals surface area (Å²) in [6.07, 6.45) is 0. The van der Waals surface area contributed by atoms with Crippen molar-refractivity contribution in [3.8, 4) is 11.5 Å². The molecule has 2 rings (SSSR count). The molecule has 0 saturated heterocycles. The molecule has 0 unspecified atom stereocenters. The lowest BCUT2D eigenvalue weighted by atomic mass is 10.0. The first-order valence-electron chi connectivity index (χ1n) is 7.71. The number of amides is 1. The molecule has 0 bridgehead atoms. The minimum absolute atomic E-state index is 0.0907. The Kier molecular flexibility index (Phi) is 6.30. The van der Waals surface area contributed by atoms with Crippen molar-refractivity contribution in [3.63, 3.8) is 0 Å². The van der Waals surface area contributed by atoms with Crippen LogP contribution in [0.1, 0.15) is 21.5 Å². The lowest BCUT2D eigenvalue weighted by Gasteiger charge is -2.13. The number of aryl methyl sites for hydroxylation is 2. The zero-order chi connectivity index (χ0) is 18.4. The molecule has 0 radical (unpaired) electrons. The van der Waals surface area contributed by atoms with Crippen molar-refractivity contribution in [2.45, 2.75) is 20.5 Å². The highest BCUT2D eigenvalue weighted by molar-refractivity contribution is 6.04. The molecule has 1 amide bonds. The van der Waals surface area contributed by atoms with Crippen molar-refractivity contribution in [1.29, 1.82) is 0 Å². The number of ether oxygens (including phenoxy) is 2. The van der Waals surface area contributed by atoms with Crippen LogP contribution in [0.4, 0.5) is 14.5 Å². The SMILES string of the molecule is Cc1cc(C(=O)Nc2ccc(OCCN)cc2)cc(C)c1OC(F)F. The maximum atomic E-state index is 12.4. The van der Waals surface area contributed by atoms with Crippen LogP contribution in [-0.2, 0) is 0 Å². The molecular formula is C18H20F2N2O3. The number of hydrogen-bond acceptors (Lipinski definition) is 4. The zero-order valence-electron chi connectivity index (χ0n) is 14.0. The predicted octanol–water partition coefficient (Wildman–Crippen LogP) is 3.49. The highest BCUT2D eigenvalue weighted by Gasteiger charge is 2.15. The molecular weight excluding hydrogens is 330 g/mol. The number of halogens is 2. The Labute approximate surface area is 144 Å². The molecule has 25 heavy (non-hydrogen) atoms. The summed E-state index contributed by atoms with van der Waals surface area (Å²) in [4.78, 5) is 12.4. The number of rotatable bonds is 7. The summed E-state index contributed by atoms with van der Waals surface area (Å²) < 4.78 is 34.7. The minimum Gasteiger partial charge on any atom is -0.492 e. The van der Waals surface area contributed by atoms with Crippen LogP contribution in [0, 0.1) is 13.8 Å². The average molecular weight is 350 g/mol. The predicted molar refractivity (Wildman–Crippen MR) is 91.5 cm³/mol. The zero-order valence-corrected chi connectivity index (χ0v) is 14.0. The van der Waals surface area contributed by atoms with Crippen LogP contribution in [0.2, 0.25) is 0 Å². The average Bonchev–Trinajstić information content (AvgIpc) is 2.57. The minimum atomic E-state index is -2.91. The van der Waals surface area contributed by atoms with Crippen LogP contribution in [0.25, 0.3) is 0 Å². The fourth-order valence-electron chi connectivity index (χ4n) is 2.37. The van der Waals surface area contributed by atoms with Crippen molar-refractivity contribution >= 4 is 11.6 Å². The maximum Gasteiger partial charge on any atom is 0.387 e. The first kappa shape index (κ1) is 18.7. The van der Waals surface area contributed by atoms with Gasteiger partial charge in [0.15, 0.2) is 0 Å². The first-order valence-corrected chi connectivity index (χ1v) is 7.71. The van der Waals surface area contributed by atoms with E-state index in [4.69, 9.17) is 10.5 Å². The van der Waals surface area contributed by atoms with Gasteiger partial charge in [0.1, 0.15) is 18.1 Å². The van der Waals surface area contributed by atoms with E-state index >= 15 is 0 Å². The maximum absolute atomic E-state index is 12.4. The molecule has 0 spiro atoms. The number of anilines is 1. The van der Waals surface area contributed by atoms with Gasteiger partial charge in [-0.25, -0.2) is 0 Å². The fraction of sp³-hybridized carbons (Fsp3) is 0.278. The molecule has 0 aliphatic carbocycles. The molecule has 3 N–H and O–H groups in total. The Morgan fingerprint density at radius 1 is 1.16 bits per heavy atom. The molecule has 0 aromatic heterocycles. The fourth-order valence-corrected chi connectivity index (χ4v) is 2.37. The number of carbonyl (C=O) groups is 1. The molecule has 7 heteroatoms. The second-order valence-electron chi connectivity index (χ2n) is 5.43. The van der Waals surface area contributed by atoms with E-state index in [-0.39, 0.29) is 11.7 Å². The number of hydrogen-bond donors (Lipinski definition) is 2. The monoisotopic (exact) mass is 350 g/mol. The second-order valence-corrected chi connectivity index (χ2v) is 5.43. The van der Waals surface area contributed by atoms with Crippen LogP contribution < -0.4 is 20.5 Å². The quantitative estimate of drug-likeness (QED) is 0.802. The van der Waals surface area contributed by atoms with Crippen LogP contribution >= 0.6 is 0 Å². The summed E-state index contributed by atoms with van der Waals surface area (Å²) in [6.45, 7) is 1.16. The van der Waals surface area contributed by atoms with E-state index in [1.165, 1.54) is 12.1 Å². The van der Waals surface area contributed by atoms with Gasteiger partial charge in [-0.3, -0.25) is 4.79 Å². The number of carbonyl (C=O) groups excluding carboxylic acids is 1. The topological polar surface area (TPSA) is 73.6 Å². The number of benzene rings is 2. The van der Waals surface area contributed by atoms with E-state index in [0.29, 0.717) is 41.3 Å². The lowest BCUT2D eigenvalue weighted by Crippen LogP contribution is -2.13. The third kappa shape index (κ3) is 5.15.